The zero-order chi connectivity index (χ0) is 5.21. The second kappa shape index (κ2) is 3.30. The number of hydrogen-bond donors (Lipinski definition) is 1. The molecule has 0 amide bonds. The van der Waals surface area contributed by atoms with Crippen LogP contribution in [0.1, 0.15) is 0 Å². The van der Waals surface area contributed by atoms with Gasteiger partial charge in [-0.1, -0.05) is 6.58 Å². The Labute approximate surface area is 54.9 Å². The summed E-state index contributed by atoms with van der Waals surface area (Å²) >= 11 is 0. The molecule has 1 N–H and O–H groups in total. The van der Waals surface area contributed by atoms with Crippen molar-refractivity contribution in [2.75, 3.05) is 0 Å². The van der Waals surface area contributed by atoms with Crippen molar-refractivity contribution in [3.05, 3.63) is 12.0 Å². The number of hydrogen-bond acceptors (Lipinski definition) is 2. The standard InChI is InChI=1S/C2H4O3S.Zn/c1-2-6(3,4)5;/h2H,1H2,(H,3,4,5);/q;+2. The summed E-state index contributed by atoms with van der Waals surface area (Å²) in [5.74, 6) is 0. The van der Waals surface area contributed by atoms with Crippen molar-refractivity contribution in [3.8, 4) is 0 Å². The third-order valence-corrected chi connectivity index (χ3v) is 0.632. The van der Waals surface area contributed by atoms with Crippen LogP contribution < -0.4 is 0 Å². The van der Waals surface area contributed by atoms with E-state index in [-0.39, 0.29) is 19.5 Å². The Morgan fingerprint density at radius 1 is 1.57 bits per heavy atom. The maximum atomic E-state index is 9.44. The van der Waals surface area contributed by atoms with E-state index in [1.807, 2.05) is 0 Å². The van der Waals surface area contributed by atoms with E-state index in [2.05, 4.69) is 6.58 Å². The number of rotatable bonds is 1. The molecule has 0 spiro atoms. The fraction of sp³-hybridized carbons (Fsp3) is 0. The van der Waals surface area contributed by atoms with E-state index >= 15 is 0 Å². The molecule has 0 saturated carbocycles. The van der Waals surface area contributed by atoms with Crippen LogP contribution in [0, 0.1) is 0 Å². The second-order valence-corrected chi connectivity index (χ2v) is 2.04. The van der Waals surface area contributed by atoms with Gasteiger partial charge < -0.3 is 0 Å². The van der Waals surface area contributed by atoms with E-state index in [1.54, 1.807) is 0 Å². The van der Waals surface area contributed by atoms with Gasteiger partial charge in [-0.25, -0.2) is 0 Å². The summed E-state index contributed by atoms with van der Waals surface area (Å²) in [6, 6.07) is 0. The fourth-order valence-electron chi connectivity index (χ4n) is 0. The molecule has 0 heterocycles. The van der Waals surface area contributed by atoms with Crippen molar-refractivity contribution in [1.82, 2.24) is 0 Å². The monoisotopic (exact) mass is 172 g/mol. The smallest absolute Gasteiger partial charge is 0.282 e. The van der Waals surface area contributed by atoms with Crippen LogP contribution in [-0.4, -0.2) is 13.0 Å². The molecule has 36 valence electrons. The molecule has 0 atom stereocenters. The van der Waals surface area contributed by atoms with E-state index in [4.69, 9.17) is 4.55 Å². The molecule has 0 rings (SSSR count). The molecule has 0 aliphatic heterocycles. The normalized spacial score (nSPS) is 9.29. The minimum absolute atomic E-state index is 0. The summed E-state index contributed by atoms with van der Waals surface area (Å²) in [6.45, 7) is 2.79. The van der Waals surface area contributed by atoms with Crippen LogP contribution in [0.2, 0.25) is 0 Å². The van der Waals surface area contributed by atoms with Crippen LogP contribution in [-0.2, 0) is 29.6 Å². The van der Waals surface area contributed by atoms with Gasteiger partial charge in [-0.3, -0.25) is 4.55 Å². The van der Waals surface area contributed by atoms with Gasteiger partial charge in [0.25, 0.3) is 10.1 Å². The molecule has 0 saturated heterocycles. The van der Waals surface area contributed by atoms with Crippen LogP contribution in [0.15, 0.2) is 12.0 Å². The Kier molecular flexibility index (Phi) is 4.85. The third kappa shape index (κ3) is 10.7. The van der Waals surface area contributed by atoms with Crippen molar-refractivity contribution >= 4 is 10.1 Å². The zero-order valence-corrected chi connectivity index (χ0v) is 7.45. The average molecular weight is 174 g/mol. The molecule has 0 aliphatic rings. The Morgan fingerprint density at radius 2 is 1.71 bits per heavy atom. The molecule has 0 bridgehead atoms. The van der Waals surface area contributed by atoms with Gasteiger partial charge in [-0.05, 0) is 0 Å². The first-order chi connectivity index (χ1) is 2.56. The Morgan fingerprint density at radius 3 is 1.71 bits per heavy atom. The molecule has 0 aliphatic carbocycles. The van der Waals surface area contributed by atoms with Gasteiger partial charge >= 0.3 is 19.5 Å². The summed E-state index contributed by atoms with van der Waals surface area (Å²) in [5, 5.41) is 0.465. The largest absolute Gasteiger partial charge is 2.00 e. The van der Waals surface area contributed by atoms with Crippen LogP contribution in [0.25, 0.3) is 0 Å². The predicted octanol–water partition coefficient (Wildman–Crippen LogP) is 0.0152. The van der Waals surface area contributed by atoms with E-state index in [9.17, 15) is 8.42 Å². The Bertz CT molecular complexity index is 123. The van der Waals surface area contributed by atoms with Gasteiger partial charge in [0.2, 0.25) is 0 Å². The van der Waals surface area contributed by atoms with Gasteiger partial charge in [-0.2, -0.15) is 8.42 Å². The van der Waals surface area contributed by atoms with Crippen molar-refractivity contribution in [2.24, 2.45) is 0 Å². The molecular formula is C2H4O3SZn+2. The van der Waals surface area contributed by atoms with Crippen LogP contribution >= 0.6 is 0 Å². The van der Waals surface area contributed by atoms with E-state index in [1.165, 1.54) is 0 Å². The summed E-state index contributed by atoms with van der Waals surface area (Å²) in [4.78, 5) is 0. The molecule has 3 nitrogen and oxygen atoms in total. The van der Waals surface area contributed by atoms with Gasteiger partial charge in [0.15, 0.2) is 0 Å². The van der Waals surface area contributed by atoms with Crippen molar-refractivity contribution in [1.29, 1.82) is 0 Å². The van der Waals surface area contributed by atoms with Gasteiger partial charge in [0, 0.05) is 0 Å². The first-order valence-corrected chi connectivity index (χ1v) is 2.66. The minimum atomic E-state index is -3.90. The zero-order valence-electron chi connectivity index (χ0n) is 3.66. The maximum absolute atomic E-state index is 9.44. The van der Waals surface area contributed by atoms with E-state index < -0.39 is 10.1 Å². The summed E-state index contributed by atoms with van der Waals surface area (Å²) in [6.07, 6.45) is 0. The molecule has 0 aromatic carbocycles. The van der Waals surface area contributed by atoms with Crippen molar-refractivity contribution < 1.29 is 32.4 Å². The van der Waals surface area contributed by atoms with Gasteiger partial charge in [0.1, 0.15) is 0 Å². The molecule has 0 aromatic rings. The van der Waals surface area contributed by atoms with Gasteiger partial charge in [0.05, 0.1) is 5.41 Å². The first-order valence-electron chi connectivity index (χ1n) is 1.16. The topological polar surface area (TPSA) is 54.4 Å². The molecule has 7 heavy (non-hydrogen) atoms. The molecular weight excluding hydrogens is 169 g/mol. The molecule has 5 heteroatoms. The van der Waals surface area contributed by atoms with Crippen LogP contribution in [0.3, 0.4) is 0 Å². The average Bonchev–Trinajstić information content (AvgIpc) is 1.35. The molecule has 0 fully saturated rings. The van der Waals surface area contributed by atoms with Crippen molar-refractivity contribution in [3.63, 3.8) is 0 Å². The predicted molar refractivity (Wildman–Crippen MR) is 21.7 cm³/mol. The summed E-state index contributed by atoms with van der Waals surface area (Å²) < 4.78 is 26.6. The van der Waals surface area contributed by atoms with Crippen molar-refractivity contribution in [2.45, 2.75) is 0 Å². The third-order valence-electron chi connectivity index (χ3n) is 0.211. The van der Waals surface area contributed by atoms with E-state index in [0.29, 0.717) is 5.41 Å². The van der Waals surface area contributed by atoms with Crippen LogP contribution in [0.5, 0.6) is 0 Å². The Balaban J connectivity index is 0. The second-order valence-electron chi connectivity index (χ2n) is 0.682. The molecule has 0 radical (unpaired) electrons. The van der Waals surface area contributed by atoms with Crippen LogP contribution in [0.4, 0.5) is 0 Å². The first kappa shape index (κ1) is 10.3. The summed E-state index contributed by atoms with van der Waals surface area (Å²) in [5.41, 5.74) is 0. The molecule has 0 aromatic heterocycles. The van der Waals surface area contributed by atoms with Gasteiger partial charge in [-0.15, -0.1) is 0 Å². The minimum Gasteiger partial charge on any atom is -0.282 e. The molecule has 0 unspecified atom stereocenters. The Hall–Kier alpha value is 0.273. The quantitative estimate of drug-likeness (QED) is 0.449. The SMILES string of the molecule is C=CS(=O)(=O)O.[Zn+2]. The summed E-state index contributed by atoms with van der Waals surface area (Å²) in [7, 11) is -3.90. The maximum Gasteiger partial charge on any atom is 2.00 e. The fourth-order valence-corrected chi connectivity index (χ4v) is 0. The van der Waals surface area contributed by atoms with E-state index in [0.717, 1.165) is 0 Å².